The SMILES string of the molecule is Cc1coc(NCc2cnn(C)c2)n1. The Kier molecular flexibility index (Phi) is 2.22. The van der Waals surface area contributed by atoms with Crippen LogP contribution in [-0.4, -0.2) is 14.8 Å². The van der Waals surface area contributed by atoms with Gasteiger partial charge in [0, 0.05) is 25.4 Å². The van der Waals surface area contributed by atoms with Crippen LogP contribution in [0, 0.1) is 6.92 Å². The van der Waals surface area contributed by atoms with Gasteiger partial charge in [-0.3, -0.25) is 4.68 Å². The minimum Gasteiger partial charge on any atom is -0.432 e. The van der Waals surface area contributed by atoms with Gasteiger partial charge in [-0.15, -0.1) is 0 Å². The molecule has 0 atom stereocenters. The molecule has 2 rings (SSSR count). The number of hydrogen-bond donors (Lipinski definition) is 1. The summed E-state index contributed by atoms with van der Waals surface area (Å²) in [5.41, 5.74) is 1.97. The Morgan fingerprint density at radius 3 is 3.00 bits per heavy atom. The minimum atomic E-state index is 0.548. The monoisotopic (exact) mass is 192 g/mol. The molecule has 0 unspecified atom stereocenters. The van der Waals surface area contributed by atoms with E-state index in [9.17, 15) is 0 Å². The highest BCUT2D eigenvalue weighted by atomic mass is 16.4. The molecule has 0 bridgehead atoms. The first-order chi connectivity index (χ1) is 6.74. The standard InChI is InChI=1S/C9H12N4O/c1-7-6-14-9(12-7)10-3-8-4-11-13(2)5-8/h4-6H,3H2,1-2H3,(H,10,12). The van der Waals surface area contributed by atoms with Gasteiger partial charge in [0.2, 0.25) is 0 Å². The fourth-order valence-electron chi connectivity index (χ4n) is 1.18. The lowest BCUT2D eigenvalue weighted by Crippen LogP contribution is -1.98. The van der Waals surface area contributed by atoms with Crippen molar-refractivity contribution < 1.29 is 4.42 Å². The van der Waals surface area contributed by atoms with Gasteiger partial charge in [-0.2, -0.15) is 10.1 Å². The number of hydrogen-bond acceptors (Lipinski definition) is 4. The summed E-state index contributed by atoms with van der Waals surface area (Å²) < 4.78 is 6.91. The first-order valence-corrected chi connectivity index (χ1v) is 4.37. The molecule has 0 saturated heterocycles. The van der Waals surface area contributed by atoms with E-state index in [1.54, 1.807) is 10.9 Å². The third kappa shape index (κ3) is 1.93. The maximum absolute atomic E-state index is 5.14. The van der Waals surface area contributed by atoms with Gasteiger partial charge in [0.05, 0.1) is 11.9 Å². The molecule has 0 spiro atoms. The molecule has 0 aliphatic carbocycles. The fraction of sp³-hybridized carbons (Fsp3) is 0.333. The second-order valence-electron chi connectivity index (χ2n) is 3.17. The minimum absolute atomic E-state index is 0.548. The normalized spacial score (nSPS) is 10.4. The summed E-state index contributed by atoms with van der Waals surface area (Å²) in [6.07, 6.45) is 5.37. The van der Waals surface area contributed by atoms with Crippen molar-refractivity contribution in [2.75, 3.05) is 5.32 Å². The third-order valence-corrected chi connectivity index (χ3v) is 1.82. The zero-order valence-electron chi connectivity index (χ0n) is 8.19. The van der Waals surface area contributed by atoms with E-state index in [1.807, 2.05) is 26.4 Å². The first-order valence-electron chi connectivity index (χ1n) is 4.37. The van der Waals surface area contributed by atoms with Gasteiger partial charge >= 0.3 is 0 Å². The molecule has 74 valence electrons. The number of oxazole rings is 1. The van der Waals surface area contributed by atoms with Gasteiger partial charge in [0.25, 0.3) is 6.01 Å². The maximum Gasteiger partial charge on any atom is 0.294 e. The van der Waals surface area contributed by atoms with Crippen LogP contribution in [0.2, 0.25) is 0 Å². The summed E-state index contributed by atoms with van der Waals surface area (Å²) in [7, 11) is 1.89. The molecule has 0 aliphatic heterocycles. The molecule has 0 aromatic carbocycles. The Labute approximate surface area is 81.8 Å². The largest absolute Gasteiger partial charge is 0.432 e. The highest BCUT2D eigenvalue weighted by Crippen LogP contribution is 2.07. The molecule has 0 radical (unpaired) electrons. The van der Waals surface area contributed by atoms with E-state index >= 15 is 0 Å². The van der Waals surface area contributed by atoms with E-state index < -0.39 is 0 Å². The lowest BCUT2D eigenvalue weighted by Gasteiger charge is -1.96. The van der Waals surface area contributed by atoms with E-state index in [-0.39, 0.29) is 0 Å². The summed E-state index contributed by atoms with van der Waals surface area (Å²) in [6, 6.07) is 0.548. The zero-order chi connectivity index (χ0) is 9.97. The molecule has 2 aromatic heterocycles. The summed E-state index contributed by atoms with van der Waals surface area (Å²) in [5.74, 6) is 0. The molecule has 0 amide bonds. The number of aryl methyl sites for hydroxylation is 2. The van der Waals surface area contributed by atoms with Crippen LogP contribution in [0.5, 0.6) is 0 Å². The highest BCUT2D eigenvalue weighted by Gasteiger charge is 2.00. The molecule has 0 aliphatic rings. The molecule has 5 nitrogen and oxygen atoms in total. The van der Waals surface area contributed by atoms with Crippen molar-refractivity contribution in [2.45, 2.75) is 13.5 Å². The van der Waals surface area contributed by atoms with Gasteiger partial charge in [-0.1, -0.05) is 0 Å². The van der Waals surface area contributed by atoms with Crippen molar-refractivity contribution >= 4 is 6.01 Å². The summed E-state index contributed by atoms with van der Waals surface area (Å²) in [4.78, 5) is 4.13. The fourth-order valence-corrected chi connectivity index (χ4v) is 1.18. The molecule has 1 N–H and O–H groups in total. The number of rotatable bonds is 3. The van der Waals surface area contributed by atoms with Crippen molar-refractivity contribution in [2.24, 2.45) is 7.05 Å². The quantitative estimate of drug-likeness (QED) is 0.797. The molecule has 14 heavy (non-hydrogen) atoms. The van der Waals surface area contributed by atoms with Crippen molar-refractivity contribution in [3.8, 4) is 0 Å². The van der Waals surface area contributed by atoms with Crippen molar-refractivity contribution in [1.29, 1.82) is 0 Å². The van der Waals surface area contributed by atoms with Crippen molar-refractivity contribution in [1.82, 2.24) is 14.8 Å². The van der Waals surface area contributed by atoms with E-state index in [1.165, 1.54) is 0 Å². The average Bonchev–Trinajstić information content (AvgIpc) is 2.72. The predicted octanol–water partition coefficient (Wildman–Crippen LogP) is 1.33. The summed E-state index contributed by atoms with van der Waals surface area (Å²) >= 11 is 0. The van der Waals surface area contributed by atoms with Crippen molar-refractivity contribution in [3.05, 3.63) is 29.9 Å². The average molecular weight is 192 g/mol. The van der Waals surface area contributed by atoms with Crippen LogP contribution >= 0.6 is 0 Å². The van der Waals surface area contributed by atoms with Crippen LogP contribution in [0.4, 0.5) is 6.01 Å². The van der Waals surface area contributed by atoms with E-state index in [0.717, 1.165) is 11.3 Å². The van der Waals surface area contributed by atoms with Crippen molar-refractivity contribution in [3.63, 3.8) is 0 Å². The molecule has 2 aromatic rings. The maximum atomic E-state index is 5.14. The Hall–Kier alpha value is -1.78. The topological polar surface area (TPSA) is 55.9 Å². The van der Waals surface area contributed by atoms with Crippen LogP contribution in [0.1, 0.15) is 11.3 Å². The predicted molar refractivity (Wildman–Crippen MR) is 51.8 cm³/mol. The van der Waals surface area contributed by atoms with E-state index in [4.69, 9.17) is 4.42 Å². The molecule has 5 heteroatoms. The van der Waals surface area contributed by atoms with Gasteiger partial charge in [-0.05, 0) is 6.92 Å². The number of nitrogens with one attached hydrogen (secondary N) is 1. The number of anilines is 1. The molecule has 0 saturated carbocycles. The smallest absolute Gasteiger partial charge is 0.294 e. The Balaban J connectivity index is 1.94. The lowest BCUT2D eigenvalue weighted by atomic mass is 10.4. The van der Waals surface area contributed by atoms with Crippen LogP contribution in [0.15, 0.2) is 23.1 Å². The van der Waals surface area contributed by atoms with Crippen LogP contribution in [0.3, 0.4) is 0 Å². The Bertz CT molecular complexity index is 378. The third-order valence-electron chi connectivity index (χ3n) is 1.82. The van der Waals surface area contributed by atoms with Gasteiger partial charge in [0.1, 0.15) is 6.26 Å². The Morgan fingerprint density at radius 2 is 2.43 bits per heavy atom. The molecular formula is C9H12N4O. The first kappa shape index (κ1) is 8.80. The van der Waals surface area contributed by atoms with Gasteiger partial charge in [0.15, 0.2) is 0 Å². The lowest BCUT2D eigenvalue weighted by molar-refractivity contribution is 0.570. The van der Waals surface area contributed by atoms with E-state index in [0.29, 0.717) is 12.6 Å². The second-order valence-corrected chi connectivity index (χ2v) is 3.17. The second kappa shape index (κ2) is 3.53. The molecule has 2 heterocycles. The number of nitrogens with zero attached hydrogens (tertiary/aromatic N) is 3. The summed E-state index contributed by atoms with van der Waals surface area (Å²) in [6.45, 7) is 2.56. The Morgan fingerprint density at radius 1 is 1.57 bits per heavy atom. The van der Waals surface area contributed by atoms with Crippen LogP contribution < -0.4 is 5.32 Å². The van der Waals surface area contributed by atoms with Crippen LogP contribution in [-0.2, 0) is 13.6 Å². The van der Waals surface area contributed by atoms with Gasteiger partial charge in [-0.25, -0.2) is 0 Å². The molecular weight excluding hydrogens is 180 g/mol. The zero-order valence-corrected chi connectivity index (χ0v) is 8.19. The van der Waals surface area contributed by atoms with Gasteiger partial charge < -0.3 is 9.73 Å². The van der Waals surface area contributed by atoms with Crippen LogP contribution in [0.25, 0.3) is 0 Å². The highest BCUT2D eigenvalue weighted by molar-refractivity contribution is 5.23. The number of aromatic nitrogens is 3. The van der Waals surface area contributed by atoms with E-state index in [2.05, 4.69) is 15.4 Å². The molecule has 0 fully saturated rings. The summed E-state index contributed by atoms with van der Waals surface area (Å²) in [5, 5.41) is 7.12.